The highest BCUT2D eigenvalue weighted by atomic mass is 19.2. The second-order valence-corrected chi connectivity index (χ2v) is 9.13. The van der Waals surface area contributed by atoms with Gasteiger partial charge in [0, 0.05) is 5.56 Å². The number of carbonyl (C=O) groups is 2. The van der Waals surface area contributed by atoms with Crippen LogP contribution in [0.2, 0.25) is 0 Å². The number of nitrogens with zero attached hydrogens (tertiary/aromatic N) is 2. The van der Waals surface area contributed by atoms with Crippen molar-refractivity contribution in [2.24, 2.45) is 0 Å². The summed E-state index contributed by atoms with van der Waals surface area (Å²) in [6.07, 6.45) is -1.27. The van der Waals surface area contributed by atoms with E-state index in [0.29, 0.717) is 4.90 Å². The SMILES string of the molecule is CC(C)(C)OC(=O)N1C(=O)[C@](c2ccc(F)cc2)(c2c(F)c(F)c([N+](=O)[O-])c(F)c2F)c2ccccc21. The number of nitro benzene ring substituents is 1. The molecule has 4 rings (SSSR count). The summed E-state index contributed by atoms with van der Waals surface area (Å²) < 4.78 is 79.8. The number of rotatable bonds is 3. The molecule has 12 heteroatoms. The summed E-state index contributed by atoms with van der Waals surface area (Å²) in [5.41, 5.74) is -8.49. The molecule has 1 aliphatic heterocycles. The number of imide groups is 1. The van der Waals surface area contributed by atoms with Crippen LogP contribution in [0, 0.1) is 39.2 Å². The third kappa shape index (κ3) is 3.79. The molecule has 1 aliphatic rings. The first-order chi connectivity index (χ1) is 17.2. The quantitative estimate of drug-likeness (QED) is 0.186. The number of para-hydroxylation sites is 1. The van der Waals surface area contributed by atoms with E-state index >= 15 is 8.78 Å². The lowest BCUT2D eigenvalue weighted by atomic mass is 9.69. The minimum Gasteiger partial charge on any atom is -0.443 e. The van der Waals surface area contributed by atoms with Crippen LogP contribution in [0.25, 0.3) is 0 Å². The largest absolute Gasteiger partial charge is 0.443 e. The average molecular weight is 520 g/mol. The molecule has 192 valence electrons. The fraction of sp³-hybridized carbons (Fsp3) is 0.200. The Morgan fingerprint density at radius 2 is 1.46 bits per heavy atom. The van der Waals surface area contributed by atoms with Crippen molar-refractivity contribution in [1.29, 1.82) is 0 Å². The van der Waals surface area contributed by atoms with Gasteiger partial charge >= 0.3 is 11.8 Å². The van der Waals surface area contributed by atoms with Gasteiger partial charge in [0.15, 0.2) is 11.6 Å². The Kier molecular flexibility index (Phi) is 6.01. The Bertz CT molecular complexity index is 1440. The Labute approximate surface area is 206 Å². The Morgan fingerprint density at radius 3 is 1.97 bits per heavy atom. The number of amides is 2. The first kappa shape index (κ1) is 25.7. The summed E-state index contributed by atoms with van der Waals surface area (Å²) in [6, 6.07) is 8.67. The predicted molar refractivity (Wildman–Crippen MR) is 119 cm³/mol. The van der Waals surface area contributed by atoms with Crippen LogP contribution in [0.1, 0.15) is 37.5 Å². The van der Waals surface area contributed by atoms with Gasteiger partial charge in [0.25, 0.3) is 5.91 Å². The summed E-state index contributed by atoms with van der Waals surface area (Å²) in [5, 5.41) is 11.1. The molecule has 0 unspecified atom stereocenters. The minimum absolute atomic E-state index is 0.232. The smallest absolute Gasteiger partial charge is 0.421 e. The molecule has 3 aromatic rings. The highest BCUT2D eigenvalue weighted by Gasteiger charge is 2.59. The summed E-state index contributed by atoms with van der Waals surface area (Å²) in [7, 11) is 0. The van der Waals surface area contributed by atoms with E-state index in [1.807, 2.05) is 0 Å². The molecule has 3 aromatic carbocycles. The zero-order valence-electron chi connectivity index (χ0n) is 19.4. The van der Waals surface area contributed by atoms with Gasteiger partial charge in [-0.05, 0) is 44.5 Å². The lowest BCUT2D eigenvalue weighted by molar-refractivity contribution is -0.390. The molecule has 7 nitrogen and oxygen atoms in total. The van der Waals surface area contributed by atoms with E-state index < -0.39 is 68.3 Å². The monoisotopic (exact) mass is 520 g/mol. The normalized spacial score (nSPS) is 17.1. The molecule has 0 saturated carbocycles. The number of nitro groups is 1. The van der Waals surface area contributed by atoms with Gasteiger partial charge in [-0.25, -0.2) is 22.9 Å². The highest BCUT2D eigenvalue weighted by Crippen LogP contribution is 2.53. The van der Waals surface area contributed by atoms with Crippen LogP contribution in [0.15, 0.2) is 48.5 Å². The van der Waals surface area contributed by atoms with Crippen LogP contribution >= 0.6 is 0 Å². The predicted octanol–water partition coefficient (Wildman–Crippen LogP) is 5.91. The number of hydrogen-bond donors (Lipinski definition) is 0. The molecule has 0 saturated heterocycles. The molecule has 0 spiro atoms. The molecule has 0 fully saturated rings. The second-order valence-electron chi connectivity index (χ2n) is 9.13. The van der Waals surface area contributed by atoms with E-state index in [0.717, 1.165) is 24.3 Å². The van der Waals surface area contributed by atoms with Gasteiger partial charge in [0.05, 0.1) is 16.2 Å². The first-order valence-corrected chi connectivity index (χ1v) is 10.7. The van der Waals surface area contributed by atoms with Gasteiger partial charge < -0.3 is 4.74 Å². The van der Waals surface area contributed by atoms with Crippen LogP contribution in [-0.4, -0.2) is 22.5 Å². The van der Waals surface area contributed by atoms with Crippen molar-refractivity contribution >= 4 is 23.4 Å². The number of carbonyl (C=O) groups excluding carboxylic acids is 2. The maximum absolute atomic E-state index is 15.5. The third-order valence-electron chi connectivity index (χ3n) is 5.72. The maximum atomic E-state index is 15.5. The van der Waals surface area contributed by atoms with Crippen molar-refractivity contribution in [1.82, 2.24) is 0 Å². The van der Waals surface area contributed by atoms with Crippen LogP contribution < -0.4 is 4.90 Å². The molecule has 0 aromatic heterocycles. The summed E-state index contributed by atoms with van der Waals surface area (Å²) in [4.78, 5) is 37.1. The van der Waals surface area contributed by atoms with Crippen molar-refractivity contribution in [3.05, 3.63) is 104 Å². The van der Waals surface area contributed by atoms with Crippen molar-refractivity contribution in [3.63, 3.8) is 0 Å². The number of halogens is 5. The molecular weight excluding hydrogens is 503 g/mol. The fourth-order valence-corrected chi connectivity index (χ4v) is 4.34. The summed E-state index contributed by atoms with van der Waals surface area (Å²) >= 11 is 0. The minimum atomic E-state index is -2.80. The number of anilines is 1. The zero-order chi connectivity index (χ0) is 27.4. The van der Waals surface area contributed by atoms with Gasteiger partial charge in [-0.2, -0.15) is 8.78 Å². The van der Waals surface area contributed by atoms with E-state index in [-0.39, 0.29) is 16.8 Å². The molecule has 2 amide bonds. The second kappa shape index (κ2) is 8.64. The molecule has 1 atom stereocenters. The number of ether oxygens (including phenoxy) is 1. The lowest BCUT2D eigenvalue weighted by Gasteiger charge is -2.31. The van der Waals surface area contributed by atoms with E-state index in [1.165, 1.54) is 45.0 Å². The third-order valence-corrected chi connectivity index (χ3v) is 5.72. The Balaban J connectivity index is 2.17. The number of hydrogen-bond acceptors (Lipinski definition) is 5. The van der Waals surface area contributed by atoms with Gasteiger partial charge in [-0.1, -0.05) is 30.3 Å². The fourth-order valence-electron chi connectivity index (χ4n) is 4.34. The lowest BCUT2D eigenvalue weighted by Crippen LogP contribution is -2.47. The topological polar surface area (TPSA) is 89.8 Å². The van der Waals surface area contributed by atoms with Crippen molar-refractivity contribution in [3.8, 4) is 0 Å². The van der Waals surface area contributed by atoms with Crippen LogP contribution in [0.4, 0.5) is 38.1 Å². The molecule has 0 aliphatic carbocycles. The molecule has 0 N–H and O–H groups in total. The van der Waals surface area contributed by atoms with Gasteiger partial charge in [-0.15, -0.1) is 0 Å². The van der Waals surface area contributed by atoms with Crippen LogP contribution in [0.3, 0.4) is 0 Å². The van der Waals surface area contributed by atoms with Gasteiger partial charge in [0.1, 0.15) is 16.8 Å². The Hall–Kier alpha value is -4.35. The highest BCUT2D eigenvalue weighted by molar-refractivity contribution is 6.24. The zero-order valence-corrected chi connectivity index (χ0v) is 19.4. The Morgan fingerprint density at radius 1 is 0.919 bits per heavy atom. The molecule has 1 heterocycles. The average Bonchev–Trinajstić information content (AvgIpc) is 3.06. The first-order valence-electron chi connectivity index (χ1n) is 10.7. The molecule has 0 radical (unpaired) electrons. The van der Waals surface area contributed by atoms with Crippen molar-refractivity contribution in [2.45, 2.75) is 31.8 Å². The van der Waals surface area contributed by atoms with Gasteiger partial charge in [-0.3, -0.25) is 14.9 Å². The molecule has 0 bridgehead atoms. The van der Waals surface area contributed by atoms with Crippen molar-refractivity contribution in [2.75, 3.05) is 4.90 Å². The molecule has 37 heavy (non-hydrogen) atoms. The van der Waals surface area contributed by atoms with E-state index in [4.69, 9.17) is 4.74 Å². The molecular formula is C25H17F5N2O5. The maximum Gasteiger partial charge on any atom is 0.421 e. The van der Waals surface area contributed by atoms with E-state index in [1.54, 1.807) is 0 Å². The van der Waals surface area contributed by atoms with Crippen LogP contribution in [0.5, 0.6) is 0 Å². The standard InChI is InChI=1S/C25H17F5N2O5/c1-24(2,3)37-23(34)31-15-7-5-4-6-14(15)25(22(31)33,12-8-10-13(26)11-9-12)16-17(27)19(29)21(32(35)36)20(30)18(16)28/h4-11H,1-3H3/t25-/m0/s1. The van der Waals surface area contributed by atoms with Crippen molar-refractivity contribution < 1.29 is 41.2 Å². The summed E-state index contributed by atoms with van der Waals surface area (Å²) in [5.74, 6) is -11.4. The number of benzene rings is 3. The van der Waals surface area contributed by atoms with E-state index in [9.17, 15) is 32.9 Å². The van der Waals surface area contributed by atoms with Gasteiger partial charge in [0.2, 0.25) is 11.6 Å². The van der Waals surface area contributed by atoms with E-state index in [2.05, 4.69) is 0 Å². The number of fused-ring (bicyclic) bond motifs is 1. The summed E-state index contributed by atoms with van der Waals surface area (Å²) in [6.45, 7) is 4.47. The van der Waals surface area contributed by atoms with Crippen LogP contribution in [-0.2, 0) is 14.9 Å².